The number of hydrogen-bond acceptors (Lipinski definition) is 10. The number of nitrogens with one attached hydrogen (secondary N) is 1. The Bertz CT molecular complexity index is 912. The molecule has 0 fully saturated rings. The van der Waals surface area contributed by atoms with Crippen LogP contribution in [0, 0.1) is 10.1 Å². The molecule has 1 aliphatic heterocycles. The van der Waals surface area contributed by atoms with Crippen LogP contribution in [0.3, 0.4) is 0 Å². The molecule has 0 saturated heterocycles. The Morgan fingerprint density at radius 3 is 2.57 bits per heavy atom. The van der Waals surface area contributed by atoms with Gasteiger partial charge in [-0.25, -0.2) is 9.88 Å². The minimum Gasteiger partial charge on any atom is -0.494 e. The Morgan fingerprint density at radius 2 is 1.90 bits per heavy atom. The fourth-order valence-corrected chi connectivity index (χ4v) is 2.60. The second kappa shape index (κ2) is 10.0. The molecule has 1 amide bonds. The third-order valence-corrected chi connectivity index (χ3v) is 4.14. The normalized spacial score (nSPS) is 12.2. The maximum atomic E-state index is 12.1. The molecule has 0 saturated carbocycles. The summed E-state index contributed by atoms with van der Waals surface area (Å²) in [4.78, 5) is 32.0. The number of nitro groups is 1. The van der Waals surface area contributed by atoms with Crippen LogP contribution >= 0.6 is 0 Å². The summed E-state index contributed by atoms with van der Waals surface area (Å²) in [5.74, 6) is 0.246. The molecule has 12 heteroatoms. The number of nitrogens with zero attached hydrogens (tertiary/aromatic N) is 4. The Hall–Kier alpha value is -3.93. The van der Waals surface area contributed by atoms with Crippen molar-refractivity contribution in [1.82, 2.24) is 5.32 Å². The van der Waals surface area contributed by atoms with Crippen molar-refractivity contribution < 1.29 is 29.4 Å². The van der Waals surface area contributed by atoms with Gasteiger partial charge in [0.1, 0.15) is 11.4 Å². The first kappa shape index (κ1) is 20.8. The number of nitro benzene ring substituents is 1. The van der Waals surface area contributed by atoms with Gasteiger partial charge >= 0.3 is 0 Å². The summed E-state index contributed by atoms with van der Waals surface area (Å²) in [6, 6.07) is 10.9. The maximum absolute atomic E-state index is 12.1. The first-order valence-corrected chi connectivity index (χ1v) is 9.02. The van der Waals surface area contributed by atoms with E-state index in [-0.39, 0.29) is 16.8 Å². The van der Waals surface area contributed by atoms with Gasteiger partial charge in [-0.15, -0.1) is 0 Å². The highest BCUT2D eigenvalue weighted by molar-refractivity contribution is 5.94. The minimum absolute atomic E-state index is 0.159. The number of hydrogen-bond donors (Lipinski definition) is 2. The van der Waals surface area contributed by atoms with Crippen LogP contribution in [0.2, 0.25) is 0 Å². The van der Waals surface area contributed by atoms with Crippen molar-refractivity contribution in [3.05, 3.63) is 63.7 Å². The van der Waals surface area contributed by atoms with Crippen molar-refractivity contribution >= 4 is 17.3 Å². The lowest BCUT2D eigenvalue weighted by Crippen LogP contribution is -2.24. The number of carbonyl (C=O) groups excluding carboxylic acids is 1. The fraction of sp³-hybridized carbons (Fsp3) is 0.278. The molecule has 0 bridgehead atoms. The van der Waals surface area contributed by atoms with Crippen molar-refractivity contribution in [3.8, 4) is 5.75 Å². The van der Waals surface area contributed by atoms with Crippen LogP contribution in [0.4, 0.5) is 11.4 Å². The van der Waals surface area contributed by atoms with Gasteiger partial charge in [0.25, 0.3) is 11.6 Å². The number of unbranched alkanes of at least 4 members (excludes halogenated alkanes) is 1. The summed E-state index contributed by atoms with van der Waals surface area (Å²) in [5.41, 5.74) is 0.646. The number of carbonyl (C=O) groups is 1. The van der Waals surface area contributed by atoms with E-state index in [0.717, 1.165) is 11.3 Å². The molecule has 0 aromatic heterocycles. The van der Waals surface area contributed by atoms with Gasteiger partial charge in [0.2, 0.25) is 0 Å². The molecule has 12 nitrogen and oxygen atoms in total. The van der Waals surface area contributed by atoms with Crippen molar-refractivity contribution in [2.24, 2.45) is 10.6 Å². The lowest BCUT2D eigenvalue weighted by atomic mass is 10.1. The summed E-state index contributed by atoms with van der Waals surface area (Å²) < 4.78 is 5.62. The van der Waals surface area contributed by atoms with Crippen LogP contribution in [0.25, 0.3) is 0 Å². The second-order valence-corrected chi connectivity index (χ2v) is 6.15. The standard InChI is InChI=1S/C18H19N5O7/c24-12-14-4-3-13(11-17(14)22(26)27)18(25)19-9-1-2-10-28-16-7-5-15(6-8-16)23-29-20-21-30-23/h3-8,11,24H,1-2,9-10,12H2,(H,19,25). The third kappa shape index (κ3) is 5.32. The number of ether oxygens (including phenoxy) is 1. The SMILES string of the molecule is O=C(NCCCCOc1ccc(N2ON=NO2)cc1)c1ccc(CO)c([N+](=O)[O-])c1. The van der Waals surface area contributed by atoms with Gasteiger partial charge in [-0.1, -0.05) is 0 Å². The zero-order valence-electron chi connectivity index (χ0n) is 15.8. The number of benzene rings is 2. The Labute approximate surface area is 170 Å². The average Bonchev–Trinajstić information content (AvgIpc) is 3.30. The molecule has 2 aromatic rings. The monoisotopic (exact) mass is 417 g/mol. The third-order valence-electron chi connectivity index (χ3n) is 4.14. The first-order valence-electron chi connectivity index (χ1n) is 9.02. The molecular formula is C18H19N5O7. The molecule has 0 unspecified atom stereocenters. The predicted octanol–water partition coefficient (Wildman–Crippen LogP) is 2.64. The van der Waals surface area contributed by atoms with E-state index in [1.54, 1.807) is 24.3 Å². The van der Waals surface area contributed by atoms with Crippen molar-refractivity contribution in [1.29, 1.82) is 0 Å². The number of aliphatic hydroxyl groups excluding tert-OH is 1. The molecule has 2 N–H and O–H groups in total. The van der Waals surface area contributed by atoms with E-state index in [1.807, 2.05) is 0 Å². The van der Waals surface area contributed by atoms with E-state index >= 15 is 0 Å². The Kier molecular flexibility index (Phi) is 6.95. The summed E-state index contributed by atoms with van der Waals surface area (Å²) in [5, 5.41) is 30.3. The second-order valence-electron chi connectivity index (χ2n) is 6.15. The van der Waals surface area contributed by atoms with E-state index in [0.29, 0.717) is 37.4 Å². The van der Waals surface area contributed by atoms with Gasteiger partial charge in [0, 0.05) is 23.4 Å². The molecule has 3 rings (SSSR count). The van der Waals surface area contributed by atoms with Gasteiger partial charge in [-0.3, -0.25) is 14.9 Å². The van der Waals surface area contributed by atoms with Gasteiger partial charge < -0.3 is 15.2 Å². The van der Waals surface area contributed by atoms with Crippen LogP contribution in [-0.2, 0) is 16.5 Å². The van der Waals surface area contributed by atoms with Crippen molar-refractivity contribution in [3.63, 3.8) is 0 Å². The molecule has 0 aliphatic carbocycles. The molecule has 30 heavy (non-hydrogen) atoms. The molecule has 0 atom stereocenters. The smallest absolute Gasteiger partial charge is 0.275 e. The lowest BCUT2D eigenvalue weighted by molar-refractivity contribution is -0.385. The molecular weight excluding hydrogens is 398 g/mol. The predicted molar refractivity (Wildman–Crippen MR) is 102 cm³/mol. The molecule has 2 aromatic carbocycles. The Morgan fingerprint density at radius 1 is 1.17 bits per heavy atom. The van der Waals surface area contributed by atoms with Gasteiger partial charge in [-0.2, -0.15) is 0 Å². The largest absolute Gasteiger partial charge is 0.494 e. The highest BCUT2D eigenvalue weighted by Gasteiger charge is 2.17. The lowest BCUT2D eigenvalue weighted by Gasteiger charge is -2.10. The van der Waals surface area contributed by atoms with Gasteiger partial charge in [0.05, 0.1) is 34.3 Å². The van der Waals surface area contributed by atoms with Crippen molar-refractivity contribution in [2.45, 2.75) is 19.4 Å². The van der Waals surface area contributed by atoms with E-state index in [4.69, 9.17) is 19.7 Å². The summed E-state index contributed by atoms with van der Waals surface area (Å²) in [6.07, 6.45) is 1.36. The Balaban J connectivity index is 1.36. The fourth-order valence-electron chi connectivity index (χ4n) is 2.60. The highest BCUT2D eigenvalue weighted by Crippen LogP contribution is 2.23. The van der Waals surface area contributed by atoms with E-state index in [2.05, 4.69) is 15.9 Å². The zero-order chi connectivity index (χ0) is 21.3. The van der Waals surface area contributed by atoms with Gasteiger partial charge in [-0.05, 0) is 49.2 Å². The number of aliphatic hydroxyl groups is 1. The highest BCUT2D eigenvalue weighted by atomic mass is 17.1. The number of rotatable bonds is 10. The van der Waals surface area contributed by atoms with Crippen LogP contribution in [0.5, 0.6) is 5.75 Å². The summed E-state index contributed by atoms with van der Waals surface area (Å²) in [6.45, 7) is 0.382. The number of anilines is 1. The molecule has 158 valence electrons. The van der Waals surface area contributed by atoms with Crippen molar-refractivity contribution in [2.75, 3.05) is 18.4 Å². The molecule has 0 radical (unpaired) electrons. The van der Waals surface area contributed by atoms with E-state index < -0.39 is 17.4 Å². The maximum Gasteiger partial charge on any atom is 0.275 e. The zero-order valence-corrected chi connectivity index (χ0v) is 15.8. The average molecular weight is 417 g/mol. The molecule has 0 spiro atoms. The van der Waals surface area contributed by atoms with Crippen LogP contribution in [0.15, 0.2) is 53.0 Å². The number of amides is 1. The van der Waals surface area contributed by atoms with E-state index in [1.165, 1.54) is 12.1 Å². The summed E-state index contributed by atoms with van der Waals surface area (Å²) in [7, 11) is 0. The van der Waals surface area contributed by atoms with Gasteiger partial charge in [0.15, 0.2) is 0 Å². The first-order chi connectivity index (χ1) is 14.6. The quantitative estimate of drug-likeness (QED) is 0.340. The van der Waals surface area contributed by atoms with Crippen LogP contribution in [0.1, 0.15) is 28.8 Å². The minimum atomic E-state index is -0.623. The van der Waals surface area contributed by atoms with E-state index in [9.17, 15) is 14.9 Å². The van der Waals surface area contributed by atoms with Crippen LogP contribution < -0.4 is 15.3 Å². The topological polar surface area (TPSA) is 148 Å². The molecule has 1 heterocycles. The van der Waals surface area contributed by atoms with Crippen LogP contribution in [-0.4, -0.2) is 29.1 Å². The summed E-state index contributed by atoms with van der Waals surface area (Å²) >= 11 is 0. The molecule has 1 aliphatic rings.